The first kappa shape index (κ1) is 12.7. The lowest BCUT2D eigenvalue weighted by atomic mass is 9.78. The molecule has 0 spiro atoms. The van der Waals surface area contributed by atoms with E-state index in [0.29, 0.717) is 6.42 Å². The predicted octanol–water partition coefficient (Wildman–Crippen LogP) is 2.86. The standard InChI is InChI=1S/C16H21NO2/c17-16(7-2-1-3-8-16)11-14(18)12-4-5-15-13(10-12)6-9-19-15/h4-5,10H,1-3,6-9,11,17H2. The second-order valence-corrected chi connectivity index (χ2v) is 5.94. The summed E-state index contributed by atoms with van der Waals surface area (Å²) in [5, 5.41) is 0. The molecule has 2 aliphatic rings. The molecule has 1 saturated carbocycles. The van der Waals surface area contributed by atoms with Gasteiger partial charge in [0.25, 0.3) is 0 Å². The fourth-order valence-corrected chi connectivity index (χ4v) is 3.21. The second-order valence-electron chi connectivity index (χ2n) is 5.94. The van der Waals surface area contributed by atoms with Gasteiger partial charge in [-0.2, -0.15) is 0 Å². The van der Waals surface area contributed by atoms with Gasteiger partial charge in [-0.3, -0.25) is 4.79 Å². The van der Waals surface area contributed by atoms with Gasteiger partial charge in [0.05, 0.1) is 6.61 Å². The van der Waals surface area contributed by atoms with Crippen LogP contribution in [0.4, 0.5) is 0 Å². The minimum Gasteiger partial charge on any atom is -0.493 e. The van der Waals surface area contributed by atoms with Crippen LogP contribution in [0.25, 0.3) is 0 Å². The van der Waals surface area contributed by atoms with E-state index in [-0.39, 0.29) is 11.3 Å². The van der Waals surface area contributed by atoms with Crippen molar-refractivity contribution in [2.24, 2.45) is 5.73 Å². The van der Waals surface area contributed by atoms with Gasteiger partial charge in [-0.25, -0.2) is 0 Å². The van der Waals surface area contributed by atoms with Gasteiger partial charge in [0.2, 0.25) is 0 Å². The van der Waals surface area contributed by atoms with Crippen LogP contribution in [-0.4, -0.2) is 17.9 Å². The molecular formula is C16H21NO2. The summed E-state index contributed by atoms with van der Waals surface area (Å²) in [5.74, 6) is 1.11. The first-order chi connectivity index (χ1) is 9.16. The summed E-state index contributed by atoms with van der Waals surface area (Å²) in [6, 6.07) is 5.77. The van der Waals surface area contributed by atoms with Gasteiger partial charge in [0.15, 0.2) is 5.78 Å². The highest BCUT2D eigenvalue weighted by molar-refractivity contribution is 5.97. The first-order valence-electron chi connectivity index (χ1n) is 7.24. The molecule has 0 unspecified atom stereocenters. The van der Waals surface area contributed by atoms with Crippen molar-refractivity contribution in [2.75, 3.05) is 6.61 Å². The molecule has 1 heterocycles. The third-order valence-electron chi connectivity index (χ3n) is 4.37. The average Bonchev–Trinajstić information content (AvgIpc) is 2.86. The molecule has 0 amide bonds. The maximum absolute atomic E-state index is 12.4. The Bertz CT molecular complexity index is 490. The van der Waals surface area contributed by atoms with Crippen molar-refractivity contribution in [1.29, 1.82) is 0 Å². The van der Waals surface area contributed by atoms with Crippen molar-refractivity contribution in [3.63, 3.8) is 0 Å². The van der Waals surface area contributed by atoms with E-state index >= 15 is 0 Å². The van der Waals surface area contributed by atoms with Gasteiger partial charge in [0.1, 0.15) is 5.75 Å². The highest BCUT2D eigenvalue weighted by Gasteiger charge is 2.30. The summed E-state index contributed by atoms with van der Waals surface area (Å²) < 4.78 is 5.47. The third-order valence-corrected chi connectivity index (χ3v) is 4.37. The Morgan fingerprint density at radius 1 is 1.26 bits per heavy atom. The molecule has 0 radical (unpaired) electrons. The minimum absolute atomic E-state index is 0.180. The lowest BCUT2D eigenvalue weighted by Gasteiger charge is -2.32. The molecule has 19 heavy (non-hydrogen) atoms. The van der Waals surface area contributed by atoms with Gasteiger partial charge >= 0.3 is 0 Å². The Morgan fingerprint density at radius 3 is 2.84 bits per heavy atom. The second kappa shape index (κ2) is 4.97. The van der Waals surface area contributed by atoms with E-state index in [1.165, 1.54) is 6.42 Å². The van der Waals surface area contributed by atoms with Crippen LogP contribution in [0.15, 0.2) is 18.2 Å². The molecule has 1 aromatic carbocycles. The van der Waals surface area contributed by atoms with E-state index in [2.05, 4.69) is 0 Å². The van der Waals surface area contributed by atoms with Crippen LogP contribution in [0.3, 0.4) is 0 Å². The minimum atomic E-state index is -0.273. The number of hydrogen-bond donors (Lipinski definition) is 1. The van der Waals surface area contributed by atoms with Crippen LogP contribution >= 0.6 is 0 Å². The maximum Gasteiger partial charge on any atom is 0.164 e. The smallest absolute Gasteiger partial charge is 0.164 e. The van der Waals surface area contributed by atoms with Crippen LogP contribution in [-0.2, 0) is 6.42 Å². The topological polar surface area (TPSA) is 52.3 Å². The van der Waals surface area contributed by atoms with Gasteiger partial charge in [-0.05, 0) is 36.6 Å². The van der Waals surface area contributed by atoms with E-state index in [9.17, 15) is 4.79 Å². The number of benzene rings is 1. The van der Waals surface area contributed by atoms with Crippen LogP contribution in [0.2, 0.25) is 0 Å². The molecule has 1 aliphatic carbocycles. The molecule has 102 valence electrons. The number of rotatable bonds is 3. The van der Waals surface area contributed by atoms with Crippen molar-refractivity contribution in [3.8, 4) is 5.75 Å². The van der Waals surface area contributed by atoms with Crippen molar-refractivity contribution in [1.82, 2.24) is 0 Å². The molecule has 3 nitrogen and oxygen atoms in total. The quantitative estimate of drug-likeness (QED) is 0.849. The average molecular weight is 259 g/mol. The summed E-state index contributed by atoms with van der Waals surface area (Å²) in [6.45, 7) is 0.730. The van der Waals surface area contributed by atoms with E-state index in [1.54, 1.807) is 0 Å². The zero-order valence-corrected chi connectivity index (χ0v) is 11.3. The highest BCUT2D eigenvalue weighted by atomic mass is 16.5. The lowest BCUT2D eigenvalue weighted by molar-refractivity contribution is 0.0934. The van der Waals surface area contributed by atoms with Crippen molar-refractivity contribution in [3.05, 3.63) is 29.3 Å². The van der Waals surface area contributed by atoms with Crippen LogP contribution in [0.5, 0.6) is 5.75 Å². The number of fused-ring (bicyclic) bond motifs is 1. The van der Waals surface area contributed by atoms with E-state index in [4.69, 9.17) is 10.5 Å². The number of hydrogen-bond acceptors (Lipinski definition) is 3. The highest BCUT2D eigenvalue weighted by Crippen LogP contribution is 2.31. The summed E-state index contributed by atoms with van der Waals surface area (Å²) in [5.41, 5.74) is 8.04. The first-order valence-corrected chi connectivity index (χ1v) is 7.24. The summed E-state index contributed by atoms with van der Waals surface area (Å²) in [7, 11) is 0. The van der Waals surface area contributed by atoms with Gasteiger partial charge in [0, 0.05) is 23.9 Å². The summed E-state index contributed by atoms with van der Waals surface area (Å²) in [6.07, 6.45) is 6.91. The van der Waals surface area contributed by atoms with Crippen LogP contribution in [0.1, 0.15) is 54.4 Å². The molecule has 0 bridgehead atoms. The Labute approximate surface area is 114 Å². The summed E-state index contributed by atoms with van der Waals surface area (Å²) in [4.78, 5) is 12.4. The van der Waals surface area contributed by atoms with Crippen molar-refractivity contribution < 1.29 is 9.53 Å². The molecule has 2 N–H and O–H groups in total. The normalized spacial score (nSPS) is 20.7. The van der Waals surface area contributed by atoms with Gasteiger partial charge in [-0.1, -0.05) is 19.3 Å². The predicted molar refractivity (Wildman–Crippen MR) is 74.6 cm³/mol. The van der Waals surface area contributed by atoms with Crippen molar-refractivity contribution >= 4 is 5.78 Å². The SMILES string of the molecule is NC1(CC(=O)c2ccc3c(c2)CCO3)CCCCC1. The fourth-order valence-electron chi connectivity index (χ4n) is 3.21. The Hall–Kier alpha value is -1.35. The van der Waals surface area contributed by atoms with Gasteiger partial charge < -0.3 is 10.5 Å². The van der Waals surface area contributed by atoms with Crippen LogP contribution in [0, 0.1) is 0 Å². The zero-order chi connectivity index (χ0) is 13.3. The van der Waals surface area contributed by atoms with E-state index in [0.717, 1.165) is 55.6 Å². The molecule has 0 aromatic heterocycles. The molecule has 1 aliphatic heterocycles. The van der Waals surface area contributed by atoms with E-state index in [1.807, 2.05) is 18.2 Å². The number of Topliss-reactive ketones (excluding diaryl/α,β-unsaturated/α-hetero) is 1. The number of nitrogens with two attached hydrogens (primary N) is 1. The zero-order valence-electron chi connectivity index (χ0n) is 11.3. The largest absolute Gasteiger partial charge is 0.493 e. The number of carbonyl (C=O) groups excluding carboxylic acids is 1. The molecule has 3 rings (SSSR count). The summed E-state index contributed by atoms with van der Waals surface area (Å²) >= 11 is 0. The Kier molecular flexibility index (Phi) is 3.31. The molecule has 3 heteroatoms. The lowest BCUT2D eigenvalue weighted by Crippen LogP contribution is -2.43. The van der Waals surface area contributed by atoms with E-state index < -0.39 is 0 Å². The molecule has 1 aromatic rings. The molecule has 0 saturated heterocycles. The number of carbonyl (C=O) groups is 1. The monoisotopic (exact) mass is 259 g/mol. The third kappa shape index (κ3) is 2.66. The Balaban J connectivity index is 1.73. The number of ketones is 1. The van der Waals surface area contributed by atoms with Gasteiger partial charge in [-0.15, -0.1) is 0 Å². The van der Waals surface area contributed by atoms with Crippen molar-refractivity contribution in [2.45, 2.75) is 50.5 Å². The number of ether oxygens (including phenoxy) is 1. The van der Waals surface area contributed by atoms with Crippen LogP contribution < -0.4 is 10.5 Å². The molecule has 1 fully saturated rings. The molecule has 0 atom stereocenters. The Morgan fingerprint density at radius 2 is 2.05 bits per heavy atom. The fraction of sp³-hybridized carbons (Fsp3) is 0.562. The molecular weight excluding hydrogens is 238 g/mol. The maximum atomic E-state index is 12.4.